The summed E-state index contributed by atoms with van der Waals surface area (Å²) in [5, 5.41) is 14.7. The molecule has 0 radical (unpaired) electrons. The number of amides is 1. The first-order valence-corrected chi connectivity index (χ1v) is 8.70. The van der Waals surface area contributed by atoms with E-state index in [0.29, 0.717) is 17.3 Å². The van der Waals surface area contributed by atoms with Crippen LogP contribution in [-0.4, -0.2) is 44.3 Å². The van der Waals surface area contributed by atoms with Crippen LogP contribution in [0.2, 0.25) is 0 Å². The Morgan fingerprint density at radius 1 is 1.33 bits per heavy atom. The van der Waals surface area contributed by atoms with Crippen molar-refractivity contribution >= 4 is 17.2 Å². The van der Waals surface area contributed by atoms with E-state index in [0.717, 1.165) is 25.1 Å². The second-order valence-corrected chi connectivity index (χ2v) is 7.30. The lowest BCUT2D eigenvalue weighted by Gasteiger charge is -2.14. The molecule has 1 saturated heterocycles. The molecule has 1 amide bonds. The molecule has 0 saturated carbocycles. The average Bonchev–Trinajstić information content (AvgIpc) is 3.35. The molecule has 0 bridgehead atoms. The summed E-state index contributed by atoms with van der Waals surface area (Å²) in [5.74, 6) is 0.450. The molecule has 122 valence electrons. The second kappa shape index (κ2) is 6.16. The zero-order valence-electron chi connectivity index (χ0n) is 13.3. The largest absolute Gasteiger partial charge is 0.337 e. The number of thiophene rings is 1. The third-order valence-corrected chi connectivity index (χ3v) is 5.49. The van der Waals surface area contributed by atoms with Crippen molar-refractivity contribution in [1.29, 1.82) is 0 Å². The van der Waals surface area contributed by atoms with E-state index in [1.807, 2.05) is 22.3 Å². The van der Waals surface area contributed by atoms with Gasteiger partial charge in [-0.3, -0.25) is 9.89 Å². The topological polar surface area (TPSA) is 74.8 Å². The highest BCUT2D eigenvalue weighted by molar-refractivity contribution is 7.12. The minimum Gasteiger partial charge on any atom is -0.337 e. The number of aromatic amines is 1. The van der Waals surface area contributed by atoms with E-state index in [2.05, 4.69) is 39.5 Å². The fourth-order valence-corrected chi connectivity index (χ4v) is 4.04. The SMILES string of the molecule is Cc1ccc(C2CCN(C(=O)c3cc(-c4ccnnc4)n[nH]3)C2)s1. The number of carbonyl (C=O) groups excluding carboxylic acids is 1. The Morgan fingerprint density at radius 3 is 3.00 bits per heavy atom. The summed E-state index contributed by atoms with van der Waals surface area (Å²) in [6, 6.07) is 7.93. The van der Waals surface area contributed by atoms with Gasteiger partial charge < -0.3 is 4.90 Å². The third kappa shape index (κ3) is 2.82. The smallest absolute Gasteiger partial charge is 0.271 e. The number of aromatic nitrogens is 4. The molecule has 0 aromatic carbocycles. The number of nitrogens with zero attached hydrogens (tertiary/aromatic N) is 4. The van der Waals surface area contributed by atoms with Gasteiger partial charge in [0.15, 0.2) is 0 Å². The predicted octanol–water partition coefficient (Wildman–Crippen LogP) is 2.87. The van der Waals surface area contributed by atoms with Crippen LogP contribution in [0.3, 0.4) is 0 Å². The van der Waals surface area contributed by atoms with Crippen molar-refractivity contribution in [2.45, 2.75) is 19.3 Å². The van der Waals surface area contributed by atoms with E-state index in [9.17, 15) is 4.79 Å². The maximum atomic E-state index is 12.7. The van der Waals surface area contributed by atoms with Crippen LogP contribution in [0.4, 0.5) is 0 Å². The van der Waals surface area contributed by atoms with Crippen LogP contribution < -0.4 is 0 Å². The first-order valence-electron chi connectivity index (χ1n) is 7.89. The van der Waals surface area contributed by atoms with Crippen LogP contribution in [0, 0.1) is 6.92 Å². The summed E-state index contributed by atoms with van der Waals surface area (Å²) in [5.41, 5.74) is 2.07. The fourth-order valence-electron chi connectivity index (χ4n) is 3.04. The highest BCUT2D eigenvalue weighted by Gasteiger charge is 2.29. The Hall–Kier alpha value is -2.54. The molecule has 3 aromatic rings. The Balaban J connectivity index is 1.48. The number of rotatable bonds is 3. The molecule has 1 aliphatic heterocycles. The average molecular weight is 339 g/mol. The third-order valence-electron chi connectivity index (χ3n) is 4.33. The zero-order valence-corrected chi connectivity index (χ0v) is 14.1. The van der Waals surface area contributed by atoms with Crippen LogP contribution in [0.15, 0.2) is 36.7 Å². The van der Waals surface area contributed by atoms with Crippen molar-refractivity contribution in [2.75, 3.05) is 13.1 Å². The van der Waals surface area contributed by atoms with Crippen LogP contribution in [0.25, 0.3) is 11.3 Å². The van der Waals surface area contributed by atoms with E-state index < -0.39 is 0 Å². The molecule has 24 heavy (non-hydrogen) atoms. The molecule has 1 unspecified atom stereocenters. The molecule has 1 fully saturated rings. The molecular weight excluding hydrogens is 322 g/mol. The number of H-pyrrole nitrogens is 1. The first kappa shape index (κ1) is 15.0. The van der Waals surface area contributed by atoms with Gasteiger partial charge in [-0.25, -0.2) is 0 Å². The van der Waals surface area contributed by atoms with Crippen molar-refractivity contribution in [3.05, 3.63) is 52.1 Å². The van der Waals surface area contributed by atoms with Gasteiger partial charge in [0.1, 0.15) is 5.69 Å². The molecule has 6 nitrogen and oxygen atoms in total. The number of hydrogen-bond donors (Lipinski definition) is 1. The van der Waals surface area contributed by atoms with Gasteiger partial charge in [-0.1, -0.05) is 0 Å². The van der Waals surface area contributed by atoms with E-state index >= 15 is 0 Å². The molecule has 1 aliphatic rings. The number of likely N-dealkylation sites (tertiary alicyclic amines) is 1. The fraction of sp³-hybridized carbons (Fsp3) is 0.294. The molecule has 1 atom stereocenters. The summed E-state index contributed by atoms with van der Waals surface area (Å²) in [7, 11) is 0. The van der Waals surface area contributed by atoms with Gasteiger partial charge in [-0.15, -0.1) is 11.3 Å². The van der Waals surface area contributed by atoms with Crippen LogP contribution in [0.1, 0.15) is 32.6 Å². The molecule has 0 spiro atoms. The lowest BCUT2D eigenvalue weighted by Crippen LogP contribution is -2.28. The van der Waals surface area contributed by atoms with Gasteiger partial charge in [0.05, 0.1) is 18.1 Å². The van der Waals surface area contributed by atoms with Crippen molar-refractivity contribution < 1.29 is 4.79 Å². The Labute approximate surface area is 143 Å². The van der Waals surface area contributed by atoms with E-state index in [-0.39, 0.29) is 5.91 Å². The van der Waals surface area contributed by atoms with Gasteiger partial charge in [0, 0.05) is 34.3 Å². The molecule has 4 heterocycles. The van der Waals surface area contributed by atoms with Crippen molar-refractivity contribution in [3.63, 3.8) is 0 Å². The number of carbonyl (C=O) groups is 1. The maximum absolute atomic E-state index is 12.7. The highest BCUT2D eigenvalue weighted by atomic mass is 32.1. The number of hydrogen-bond acceptors (Lipinski definition) is 5. The van der Waals surface area contributed by atoms with Gasteiger partial charge in [-0.2, -0.15) is 15.3 Å². The normalized spacial score (nSPS) is 17.4. The molecule has 1 N–H and O–H groups in total. The Kier molecular flexibility index (Phi) is 3.86. The van der Waals surface area contributed by atoms with Gasteiger partial charge >= 0.3 is 0 Å². The monoisotopic (exact) mass is 339 g/mol. The minimum atomic E-state index is 0.00606. The minimum absolute atomic E-state index is 0.00606. The van der Waals surface area contributed by atoms with E-state index in [1.165, 1.54) is 9.75 Å². The standard InChI is InChI=1S/C17H17N5OS/c1-11-2-3-16(24-11)13-5-7-22(10-13)17(23)15-8-14(20-21-15)12-4-6-18-19-9-12/h2-4,6,8-9,13H,5,7,10H2,1H3,(H,20,21). The van der Waals surface area contributed by atoms with Gasteiger partial charge in [0.2, 0.25) is 0 Å². The molecule has 4 rings (SSSR count). The molecule has 0 aliphatic carbocycles. The van der Waals surface area contributed by atoms with Crippen LogP contribution in [0.5, 0.6) is 0 Å². The van der Waals surface area contributed by atoms with Crippen LogP contribution >= 0.6 is 11.3 Å². The zero-order chi connectivity index (χ0) is 16.5. The molecular formula is C17H17N5OS. The summed E-state index contributed by atoms with van der Waals surface area (Å²) in [4.78, 5) is 17.3. The Morgan fingerprint density at radius 2 is 2.25 bits per heavy atom. The lowest BCUT2D eigenvalue weighted by molar-refractivity contribution is 0.0785. The highest BCUT2D eigenvalue weighted by Crippen LogP contribution is 2.32. The number of aryl methyl sites for hydroxylation is 1. The van der Waals surface area contributed by atoms with E-state index in [4.69, 9.17) is 0 Å². The van der Waals surface area contributed by atoms with Crippen molar-refractivity contribution in [1.82, 2.24) is 25.3 Å². The predicted molar refractivity (Wildman–Crippen MR) is 91.9 cm³/mol. The summed E-state index contributed by atoms with van der Waals surface area (Å²) >= 11 is 1.82. The maximum Gasteiger partial charge on any atom is 0.271 e. The van der Waals surface area contributed by atoms with Crippen LogP contribution in [-0.2, 0) is 0 Å². The Bertz CT molecular complexity index is 857. The van der Waals surface area contributed by atoms with Gasteiger partial charge in [0.25, 0.3) is 5.91 Å². The molecule has 3 aromatic heterocycles. The molecule has 7 heteroatoms. The summed E-state index contributed by atoms with van der Waals surface area (Å²) < 4.78 is 0. The van der Waals surface area contributed by atoms with Crippen molar-refractivity contribution in [3.8, 4) is 11.3 Å². The van der Waals surface area contributed by atoms with Crippen molar-refractivity contribution in [2.24, 2.45) is 0 Å². The van der Waals surface area contributed by atoms with E-state index in [1.54, 1.807) is 18.5 Å². The summed E-state index contributed by atoms with van der Waals surface area (Å²) in [6.07, 6.45) is 4.26. The first-order chi connectivity index (χ1) is 11.7. The number of nitrogens with one attached hydrogen (secondary N) is 1. The second-order valence-electron chi connectivity index (χ2n) is 5.98. The quantitative estimate of drug-likeness (QED) is 0.796. The lowest BCUT2D eigenvalue weighted by atomic mass is 10.1. The summed E-state index contributed by atoms with van der Waals surface area (Å²) in [6.45, 7) is 3.67. The van der Waals surface area contributed by atoms with Gasteiger partial charge in [-0.05, 0) is 37.6 Å².